The van der Waals surface area contributed by atoms with Crippen LogP contribution in [0.2, 0.25) is 0 Å². The van der Waals surface area contributed by atoms with Crippen LogP contribution in [-0.2, 0) is 13.1 Å². The Balaban J connectivity index is 1.19. The molecule has 0 aliphatic carbocycles. The SMILES string of the molecule is CN(C)c1ccc([C@H](c2nnnn2Cc2ccccc2)N2CCN([C@@H](c3ccc(N(C)C)cc3)c3nnnn3Cc3ccccc3)CC2)cc1. The van der Waals surface area contributed by atoms with Gasteiger partial charge in [-0.05, 0) is 67.4 Å². The van der Waals surface area contributed by atoms with Gasteiger partial charge in [0.15, 0.2) is 11.6 Å². The minimum Gasteiger partial charge on any atom is -0.378 e. The summed E-state index contributed by atoms with van der Waals surface area (Å²) in [6.07, 6.45) is 0. The van der Waals surface area contributed by atoms with Crippen LogP contribution in [-0.4, -0.2) is 105 Å². The number of piperazine rings is 1. The lowest BCUT2D eigenvalue weighted by atomic mass is 10.00. The minimum absolute atomic E-state index is 0.117. The highest BCUT2D eigenvalue weighted by molar-refractivity contribution is 5.48. The van der Waals surface area contributed by atoms with E-state index in [0.29, 0.717) is 13.1 Å². The van der Waals surface area contributed by atoms with Crippen LogP contribution in [0, 0.1) is 0 Å². The maximum Gasteiger partial charge on any atom is 0.173 e. The smallest absolute Gasteiger partial charge is 0.173 e. The Morgan fingerprint density at radius 1 is 0.500 bits per heavy atom. The summed E-state index contributed by atoms with van der Waals surface area (Å²) in [6, 6.07) is 38.0. The molecule has 0 radical (unpaired) electrons. The maximum atomic E-state index is 4.64. The molecule has 0 N–H and O–H groups in total. The zero-order valence-corrected chi connectivity index (χ0v) is 29.2. The molecule has 12 nitrogen and oxygen atoms in total. The third-order valence-corrected chi connectivity index (χ3v) is 9.49. The Labute approximate surface area is 293 Å². The standard InChI is InChI=1S/C38H44N12/c1-45(2)33-19-15-31(16-20-33)35(37-39-41-43-49(37)27-29-11-7-5-8-12-29)47-23-25-48(26-24-47)36(32-17-21-34(22-18-32)46(3)4)38-40-42-44-50(38)28-30-13-9-6-10-14-30/h5-22,35-36H,23-28H2,1-4H3/t35-,36+. The lowest BCUT2D eigenvalue weighted by Gasteiger charge is -2.41. The summed E-state index contributed by atoms with van der Waals surface area (Å²) < 4.78 is 3.89. The van der Waals surface area contributed by atoms with E-state index < -0.39 is 0 Å². The van der Waals surface area contributed by atoms with Crippen molar-refractivity contribution in [3.8, 4) is 0 Å². The molecule has 0 unspecified atom stereocenters. The van der Waals surface area contributed by atoms with Crippen molar-refractivity contribution in [2.24, 2.45) is 0 Å². The van der Waals surface area contributed by atoms with Gasteiger partial charge in [0.2, 0.25) is 0 Å². The van der Waals surface area contributed by atoms with Crippen LogP contribution in [0.4, 0.5) is 11.4 Å². The second kappa shape index (κ2) is 15.0. The van der Waals surface area contributed by atoms with E-state index in [9.17, 15) is 0 Å². The van der Waals surface area contributed by atoms with E-state index in [-0.39, 0.29) is 12.1 Å². The number of rotatable bonds is 12. The van der Waals surface area contributed by atoms with Gasteiger partial charge in [0, 0.05) is 65.7 Å². The first-order valence-corrected chi connectivity index (χ1v) is 17.1. The average Bonchev–Trinajstić information content (AvgIpc) is 3.80. The highest BCUT2D eigenvalue weighted by atomic mass is 15.6. The summed E-state index contributed by atoms with van der Waals surface area (Å²) in [6.45, 7) is 4.44. The molecule has 0 saturated carbocycles. The molecule has 12 heteroatoms. The predicted octanol–water partition coefficient (Wildman–Crippen LogP) is 4.38. The summed E-state index contributed by atoms with van der Waals surface area (Å²) in [7, 11) is 8.25. The Bertz CT molecular complexity index is 1780. The summed E-state index contributed by atoms with van der Waals surface area (Å²) in [5.41, 5.74) is 6.94. The zero-order valence-electron chi connectivity index (χ0n) is 29.2. The largest absolute Gasteiger partial charge is 0.378 e. The van der Waals surface area contributed by atoms with E-state index in [1.807, 2.05) is 21.5 Å². The van der Waals surface area contributed by atoms with Crippen LogP contribution in [0.3, 0.4) is 0 Å². The van der Waals surface area contributed by atoms with E-state index in [4.69, 9.17) is 0 Å². The maximum absolute atomic E-state index is 4.64. The Kier molecular flexibility index (Phi) is 9.90. The van der Waals surface area contributed by atoms with Gasteiger partial charge in [-0.2, -0.15) is 0 Å². The molecule has 2 aromatic heterocycles. The van der Waals surface area contributed by atoms with Crippen molar-refractivity contribution in [2.75, 3.05) is 64.2 Å². The molecule has 0 bridgehead atoms. The van der Waals surface area contributed by atoms with Gasteiger partial charge in [-0.3, -0.25) is 9.80 Å². The monoisotopic (exact) mass is 668 g/mol. The highest BCUT2D eigenvalue weighted by Gasteiger charge is 2.35. The molecule has 6 aromatic rings. The van der Waals surface area contributed by atoms with Gasteiger partial charge in [0.05, 0.1) is 25.2 Å². The van der Waals surface area contributed by atoms with E-state index in [1.54, 1.807) is 0 Å². The van der Waals surface area contributed by atoms with Crippen LogP contribution < -0.4 is 9.80 Å². The van der Waals surface area contributed by atoms with Crippen LogP contribution in [0.25, 0.3) is 0 Å². The Morgan fingerprint density at radius 2 is 0.860 bits per heavy atom. The molecule has 1 fully saturated rings. The third-order valence-electron chi connectivity index (χ3n) is 9.49. The van der Waals surface area contributed by atoms with Crippen molar-refractivity contribution >= 4 is 11.4 Å². The molecule has 3 heterocycles. The molecule has 1 saturated heterocycles. The topological polar surface area (TPSA) is 100 Å². The fourth-order valence-electron chi connectivity index (χ4n) is 6.76. The summed E-state index contributed by atoms with van der Waals surface area (Å²) in [5.74, 6) is 1.67. The van der Waals surface area contributed by atoms with Crippen molar-refractivity contribution in [3.63, 3.8) is 0 Å². The van der Waals surface area contributed by atoms with E-state index >= 15 is 0 Å². The molecular formula is C38H44N12. The summed E-state index contributed by atoms with van der Waals surface area (Å²) in [4.78, 5) is 9.25. The van der Waals surface area contributed by atoms with E-state index in [1.165, 1.54) is 0 Å². The first-order valence-electron chi connectivity index (χ1n) is 17.1. The van der Waals surface area contributed by atoms with E-state index in [2.05, 4.69) is 176 Å². The van der Waals surface area contributed by atoms with Gasteiger partial charge >= 0.3 is 0 Å². The average molecular weight is 669 g/mol. The van der Waals surface area contributed by atoms with Crippen molar-refractivity contribution in [3.05, 3.63) is 143 Å². The fourth-order valence-corrected chi connectivity index (χ4v) is 6.76. The van der Waals surface area contributed by atoms with Gasteiger partial charge in [-0.15, -0.1) is 10.2 Å². The molecular weight excluding hydrogens is 625 g/mol. The van der Waals surface area contributed by atoms with Gasteiger partial charge in [-0.25, -0.2) is 9.36 Å². The van der Waals surface area contributed by atoms with Gasteiger partial charge in [-0.1, -0.05) is 84.9 Å². The third kappa shape index (κ3) is 7.26. The quantitative estimate of drug-likeness (QED) is 0.187. The molecule has 7 rings (SSSR count). The van der Waals surface area contributed by atoms with Crippen LogP contribution in [0.15, 0.2) is 109 Å². The number of nitrogens with zero attached hydrogens (tertiary/aromatic N) is 12. The van der Waals surface area contributed by atoms with Gasteiger partial charge in [0.1, 0.15) is 0 Å². The first-order chi connectivity index (χ1) is 24.4. The number of anilines is 2. The summed E-state index contributed by atoms with van der Waals surface area (Å²) in [5, 5.41) is 26.6. The number of hydrogen-bond donors (Lipinski definition) is 0. The highest BCUT2D eigenvalue weighted by Crippen LogP contribution is 2.34. The summed E-state index contributed by atoms with van der Waals surface area (Å²) >= 11 is 0. The molecule has 0 amide bonds. The minimum atomic E-state index is -0.117. The molecule has 2 atom stereocenters. The van der Waals surface area contributed by atoms with Crippen LogP contribution in [0.5, 0.6) is 0 Å². The second-order valence-electron chi connectivity index (χ2n) is 13.2. The van der Waals surface area contributed by atoms with E-state index in [0.717, 1.165) is 71.5 Å². The van der Waals surface area contributed by atoms with Crippen LogP contribution >= 0.6 is 0 Å². The lowest BCUT2D eigenvalue weighted by Crippen LogP contribution is -2.50. The number of benzene rings is 4. The molecule has 1 aliphatic rings. The molecule has 1 aliphatic heterocycles. The molecule has 0 spiro atoms. The predicted molar refractivity (Wildman–Crippen MR) is 195 cm³/mol. The molecule has 256 valence electrons. The van der Waals surface area contributed by atoms with Crippen LogP contribution in [0.1, 0.15) is 46.0 Å². The second-order valence-corrected chi connectivity index (χ2v) is 13.2. The number of aromatic nitrogens is 8. The normalized spacial score (nSPS) is 15.1. The van der Waals surface area contributed by atoms with Crippen molar-refractivity contribution in [1.29, 1.82) is 0 Å². The number of tetrazole rings is 2. The number of hydrogen-bond acceptors (Lipinski definition) is 10. The fraction of sp³-hybridized carbons (Fsp3) is 0.316. The Morgan fingerprint density at radius 3 is 1.20 bits per heavy atom. The van der Waals surface area contributed by atoms with Crippen molar-refractivity contribution in [2.45, 2.75) is 25.2 Å². The van der Waals surface area contributed by atoms with Crippen molar-refractivity contribution < 1.29 is 0 Å². The van der Waals surface area contributed by atoms with Gasteiger partial charge in [0.25, 0.3) is 0 Å². The molecule has 4 aromatic carbocycles. The first kappa shape index (κ1) is 33.1. The Hall–Kier alpha value is -5.46. The molecule has 50 heavy (non-hydrogen) atoms. The lowest BCUT2D eigenvalue weighted by molar-refractivity contribution is 0.0825. The zero-order chi connectivity index (χ0) is 34.5. The van der Waals surface area contributed by atoms with Crippen molar-refractivity contribution in [1.82, 2.24) is 50.2 Å². The van der Waals surface area contributed by atoms with Gasteiger partial charge < -0.3 is 9.80 Å².